The fraction of sp³-hybridized carbons (Fsp3) is 0.429. The molecule has 4 aliphatic heterocycles. The zero-order valence-corrected chi connectivity index (χ0v) is 15.8. The molecule has 2 fully saturated rings. The Labute approximate surface area is 166 Å². The largest absolute Gasteiger partial charge is 0.492 e. The smallest absolute Gasteiger partial charge is 0.231 e. The molecule has 6 rings (SSSR count). The van der Waals surface area contributed by atoms with E-state index in [9.17, 15) is 5.11 Å². The van der Waals surface area contributed by atoms with Crippen LogP contribution in [0.25, 0.3) is 0 Å². The Morgan fingerprint density at radius 2 is 1.76 bits per heavy atom. The number of ether oxygens (including phenoxy) is 7. The van der Waals surface area contributed by atoms with Gasteiger partial charge >= 0.3 is 0 Å². The van der Waals surface area contributed by atoms with E-state index in [0.717, 1.165) is 11.1 Å². The van der Waals surface area contributed by atoms with E-state index in [1.165, 1.54) is 0 Å². The topological polar surface area (TPSA) is 84.8 Å². The molecule has 152 valence electrons. The summed E-state index contributed by atoms with van der Waals surface area (Å²) in [7, 11) is 1.59. The fourth-order valence-electron chi connectivity index (χ4n) is 4.72. The number of hydrogen-bond donors (Lipinski definition) is 1. The Bertz CT molecular complexity index is 975. The van der Waals surface area contributed by atoms with Crippen LogP contribution in [0.15, 0.2) is 30.3 Å². The third-order valence-corrected chi connectivity index (χ3v) is 6.13. The molecule has 0 saturated carbocycles. The first-order valence-electron chi connectivity index (χ1n) is 9.50. The maximum Gasteiger partial charge on any atom is 0.231 e. The van der Waals surface area contributed by atoms with Crippen LogP contribution < -0.4 is 23.7 Å². The Kier molecular flexibility index (Phi) is 3.65. The molecule has 0 radical (unpaired) electrons. The molecule has 0 spiro atoms. The van der Waals surface area contributed by atoms with Gasteiger partial charge in [0.1, 0.15) is 11.7 Å². The Hall–Kier alpha value is -2.68. The zero-order chi connectivity index (χ0) is 19.6. The molecule has 0 aromatic heterocycles. The standard InChI is InChI=1S/C21H20O8/c1-23-18-12(3-5-15-19(18)29-10-27-15)17-13-7-24-20(21(13,22)8-25-17)11-2-4-14-16(6-11)28-9-26-14/h2-6,13,17,20,22H,7-10H2,1H3. The zero-order valence-electron chi connectivity index (χ0n) is 15.8. The molecule has 4 heterocycles. The van der Waals surface area contributed by atoms with Gasteiger partial charge in [0.15, 0.2) is 23.0 Å². The second-order valence-electron chi connectivity index (χ2n) is 7.58. The lowest BCUT2D eigenvalue weighted by Gasteiger charge is -2.27. The van der Waals surface area contributed by atoms with Crippen LogP contribution >= 0.6 is 0 Å². The molecule has 4 aliphatic rings. The van der Waals surface area contributed by atoms with Crippen molar-refractivity contribution >= 4 is 0 Å². The van der Waals surface area contributed by atoms with Crippen molar-refractivity contribution in [3.63, 3.8) is 0 Å². The summed E-state index contributed by atoms with van der Waals surface area (Å²) < 4.78 is 39.6. The minimum Gasteiger partial charge on any atom is -0.492 e. The number of rotatable bonds is 3. The third kappa shape index (κ3) is 2.36. The first kappa shape index (κ1) is 17.2. The van der Waals surface area contributed by atoms with Crippen LogP contribution in [0.4, 0.5) is 0 Å². The lowest BCUT2D eigenvalue weighted by atomic mass is 9.80. The predicted molar refractivity (Wildman–Crippen MR) is 97.5 cm³/mol. The average Bonchev–Trinajstić information content (AvgIpc) is 3.49. The van der Waals surface area contributed by atoms with Gasteiger partial charge in [-0.1, -0.05) is 6.07 Å². The van der Waals surface area contributed by atoms with Gasteiger partial charge in [-0.25, -0.2) is 0 Å². The van der Waals surface area contributed by atoms with Crippen LogP contribution in [-0.2, 0) is 9.47 Å². The van der Waals surface area contributed by atoms with Crippen molar-refractivity contribution in [1.29, 1.82) is 0 Å². The number of fused-ring (bicyclic) bond motifs is 3. The van der Waals surface area contributed by atoms with E-state index < -0.39 is 11.7 Å². The summed E-state index contributed by atoms with van der Waals surface area (Å²) in [6.07, 6.45) is -0.907. The molecular formula is C21H20O8. The van der Waals surface area contributed by atoms with Crippen molar-refractivity contribution in [1.82, 2.24) is 0 Å². The normalized spacial score (nSPS) is 31.2. The summed E-state index contributed by atoms with van der Waals surface area (Å²) in [5.41, 5.74) is 0.480. The molecule has 0 bridgehead atoms. The van der Waals surface area contributed by atoms with Crippen LogP contribution in [0.3, 0.4) is 0 Å². The van der Waals surface area contributed by atoms with Crippen molar-refractivity contribution < 1.29 is 38.3 Å². The van der Waals surface area contributed by atoms with Gasteiger partial charge in [-0.3, -0.25) is 0 Å². The minimum atomic E-state index is -1.17. The maximum absolute atomic E-state index is 11.6. The van der Waals surface area contributed by atoms with E-state index in [4.69, 9.17) is 33.2 Å². The quantitative estimate of drug-likeness (QED) is 0.841. The lowest BCUT2D eigenvalue weighted by molar-refractivity contribution is -0.0629. The summed E-state index contributed by atoms with van der Waals surface area (Å²) in [4.78, 5) is 0. The Balaban J connectivity index is 1.34. The SMILES string of the molecule is COc1c(C2OCC3(O)C(c4ccc5c(c4)OCO5)OCC23)ccc2c1OCO2. The number of hydrogen-bond acceptors (Lipinski definition) is 8. The van der Waals surface area contributed by atoms with Gasteiger partial charge in [-0.15, -0.1) is 0 Å². The van der Waals surface area contributed by atoms with Gasteiger partial charge in [0.2, 0.25) is 19.3 Å². The van der Waals surface area contributed by atoms with E-state index in [-0.39, 0.29) is 32.2 Å². The first-order chi connectivity index (χ1) is 14.2. The molecule has 4 atom stereocenters. The highest BCUT2D eigenvalue weighted by Gasteiger charge is 2.60. The highest BCUT2D eigenvalue weighted by atomic mass is 16.7. The van der Waals surface area contributed by atoms with Crippen molar-refractivity contribution in [3.8, 4) is 28.7 Å². The molecule has 8 heteroatoms. The molecule has 0 aliphatic carbocycles. The van der Waals surface area contributed by atoms with Gasteiger partial charge in [-0.05, 0) is 29.8 Å². The van der Waals surface area contributed by atoms with Crippen molar-refractivity contribution in [2.24, 2.45) is 5.92 Å². The fourth-order valence-corrected chi connectivity index (χ4v) is 4.72. The summed E-state index contributed by atoms with van der Waals surface area (Å²) in [5.74, 6) is 2.87. The van der Waals surface area contributed by atoms with Crippen LogP contribution in [0, 0.1) is 5.92 Å². The monoisotopic (exact) mass is 400 g/mol. The van der Waals surface area contributed by atoms with Crippen LogP contribution in [0.1, 0.15) is 23.3 Å². The summed E-state index contributed by atoms with van der Waals surface area (Å²) >= 11 is 0. The van der Waals surface area contributed by atoms with Crippen molar-refractivity contribution in [2.45, 2.75) is 17.8 Å². The molecule has 29 heavy (non-hydrogen) atoms. The van der Waals surface area contributed by atoms with Gasteiger partial charge in [0.05, 0.1) is 26.4 Å². The molecule has 2 aromatic carbocycles. The van der Waals surface area contributed by atoms with Gasteiger partial charge in [-0.2, -0.15) is 0 Å². The first-order valence-corrected chi connectivity index (χ1v) is 9.50. The highest BCUT2D eigenvalue weighted by molar-refractivity contribution is 5.58. The van der Waals surface area contributed by atoms with Crippen LogP contribution in [0.2, 0.25) is 0 Å². The van der Waals surface area contributed by atoms with Gasteiger partial charge in [0.25, 0.3) is 0 Å². The summed E-state index contributed by atoms with van der Waals surface area (Å²) in [6, 6.07) is 9.34. The van der Waals surface area contributed by atoms with Crippen LogP contribution in [0.5, 0.6) is 28.7 Å². The van der Waals surface area contributed by atoms with E-state index in [1.54, 1.807) is 7.11 Å². The van der Waals surface area contributed by atoms with Crippen molar-refractivity contribution in [3.05, 3.63) is 41.5 Å². The molecular weight excluding hydrogens is 380 g/mol. The Morgan fingerprint density at radius 1 is 0.966 bits per heavy atom. The second kappa shape index (κ2) is 6.16. The number of methoxy groups -OCH3 is 1. The third-order valence-electron chi connectivity index (χ3n) is 6.13. The molecule has 4 unspecified atom stereocenters. The molecule has 0 amide bonds. The molecule has 1 N–H and O–H groups in total. The highest BCUT2D eigenvalue weighted by Crippen LogP contribution is 2.56. The summed E-state index contributed by atoms with van der Waals surface area (Å²) in [5, 5.41) is 11.6. The van der Waals surface area contributed by atoms with E-state index in [0.29, 0.717) is 35.4 Å². The molecule has 2 aromatic rings. The summed E-state index contributed by atoms with van der Waals surface area (Å²) in [6.45, 7) is 0.868. The van der Waals surface area contributed by atoms with E-state index in [2.05, 4.69) is 0 Å². The maximum atomic E-state index is 11.6. The number of aliphatic hydroxyl groups is 1. The van der Waals surface area contributed by atoms with Crippen LogP contribution in [-0.4, -0.2) is 44.6 Å². The van der Waals surface area contributed by atoms with Gasteiger partial charge < -0.3 is 38.3 Å². The predicted octanol–water partition coefficient (Wildman–Crippen LogP) is 2.34. The minimum absolute atomic E-state index is 0.152. The Morgan fingerprint density at radius 3 is 2.66 bits per heavy atom. The molecule has 2 saturated heterocycles. The van der Waals surface area contributed by atoms with E-state index in [1.807, 2.05) is 30.3 Å². The van der Waals surface area contributed by atoms with Crippen molar-refractivity contribution in [2.75, 3.05) is 33.9 Å². The molecule has 8 nitrogen and oxygen atoms in total. The lowest BCUT2D eigenvalue weighted by Crippen LogP contribution is -2.39. The average molecular weight is 400 g/mol. The van der Waals surface area contributed by atoms with E-state index >= 15 is 0 Å². The second-order valence-corrected chi connectivity index (χ2v) is 7.58. The van der Waals surface area contributed by atoms with Gasteiger partial charge in [0, 0.05) is 11.5 Å². The number of benzene rings is 2.